The number of hydrogen-bond donors (Lipinski definition) is 2. The third-order valence-corrected chi connectivity index (χ3v) is 3.12. The van der Waals surface area contributed by atoms with Crippen molar-refractivity contribution < 1.29 is 31.7 Å². The molecule has 0 unspecified atom stereocenters. The lowest BCUT2D eigenvalue weighted by atomic mass is 10.2. The Kier molecular flexibility index (Phi) is 13.8. The Balaban J connectivity index is 0. The molecule has 0 heterocycles. The second-order valence-electron chi connectivity index (χ2n) is 4.39. The summed E-state index contributed by atoms with van der Waals surface area (Å²) in [5.74, 6) is 0. The second-order valence-corrected chi connectivity index (χ2v) is 4.39. The van der Waals surface area contributed by atoms with Crippen LogP contribution in [0.5, 0.6) is 0 Å². The fourth-order valence-electron chi connectivity index (χ4n) is 2.08. The van der Waals surface area contributed by atoms with Gasteiger partial charge in [-0.15, -0.1) is 0 Å². The standard InChI is InChI=1S/C12H28NO2.BrH/c1-3-5-7-13(9-11-14,10-12-15)8-6-4-2;/h14-15H,3-12H2,1-2H3;1H/q+1;/p-1. The Morgan fingerprint density at radius 3 is 1.38 bits per heavy atom. The molecule has 0 fully saturated rings. The molecule has 0 amide bonds. The first-order valence-corrected chi connectivity index (χ1v) is 6.31. The van der Waals surface area contributed by atoms with E-state index in [1.54, 1.807) is 0 Å². The highest BCUT2D eigenvalue weighted by molar-refractivity contribution is 4.47. The van der Waals surface area contributed by atoms with Crippen LogP contribution in [-0.4, -0.2) is 54.1 Å². The first kappa shape index (κ1) is 18.7. The van der Waals surface area contributed by atoms with Gasteiger partial charge in [-0.1, -0.05) is 26.7 Å². The van der Waals surface area contributed by atoms with Crippen LogP contribution < -0.4 is 17.0 Å². The molecule has 0 aliphatic heterocycles. The number of halogens is 1. The normalized spacial score (nSPS) is 11.2. The van der Waals surface area contributed by atoms with Crippen molar-refractivity contribution in [1.29, 1.82) is 0 Å². The van der Waals surface area contributed by atoms with Crippen molar-refractivity contribution in [2.75, 3.05) is 39.4 Å². The Morgan fingerprint density at radius 1 is 0.750 bits per heavy atom. The van der Waals surface area contributed by atoms with Crippen molar-refractivity contribution in [3.63, 3.8) is 0 Å². The SMILES string of the molecule is CCCC[N+](CCO)(CCO)CCCC.[Br-]. The summed E-state index contributed by atoms with van der Waals surface area (Å²) in [7, 11) is 0. The van der Waals surface area contributed by atoms with Gasteiger partial charge in [0.25, 0.3) is 0 Å². The van der Waals surface area contributed by atoms with Gasteiger partial charge in [-0.2, -0.15) is 0 Å². The zero-order valence-corrected chi connectivity index (χ0v) is 12.4. The molecule has 100 valence electrons. The number of aliphatic hydroxyl groups excluding tert-OH is 2. The predicted molar refractivity (Wildman–Crippen MR) is 63.7 cm³/mol. The van der Waals surface area contributed by atoms with Crippen molar-refractivity contribution in [3.8, 4) is 0 Å². The Labute approximate surface area is 111 Å². The van der Waals surface area contributed by atoms with E-state index in [-0.39, 0.29) is 30.2 Å². The smallest absolute Gasteiger partial charge is 0.102 e. The lowest BCUT2D eigenvalue weighted by Crippen LogP contribution is -3.00. The third-order valence-electron chi connectivity index (χ3n) is 3.12. The largest absolute Gasteiger partial charge is 1.00 e. The summed E-state index contributed by atoms with van der Waals surface area (Å²) in [6.07, 6.45) is 4.74. The number of quaternary nitrogens is 1. The zero-order valence-electron chi connectivity index (χ0n) is 10.8. The van der Waals surface area contributed by atoms with Crippen LogP contribution in [0.4, 0.5) is 0 Å². The van der Waals surface area contributed by atoms with Crippen molar-refractivity contribution >= 4 is 0 Å². The lowest BCUT2D eigenvalue weighted by molar-refractivity contribution is -0.929. The van der Waals surface area contributed by atoms with Crippen molar-refractivity contribution in [2.24, 2.45) is 0 Å². The number of unbranched alkanes of at least 4 members (excludes halogenated alkanes) is 2. The van der Waals surface area contributed by atoms with E-state index in [9.17, 15) is 0 Å². The van der Waals surface area contributed by atoms with Gasteiger partial charge in [-0.3, -0.25) is 0 Å². The molecule has 0 aliphatic carbocycles. The summed E-state index contributed by atoms with van der Waals surface area (Å²) < 4.78 is 0.898. The first-order valence-electron chi connectivity index (χ1n) is 6.31. The average molecular weight is 298 g/mol. The van der Waals surface area contributed by atoms with Gasteiger partial charge < -0.3 is 31.7 Å². The molecular formula is C12H28BrNO2. The van der Waals surface area contributed by atoms with Crippen LogP contribution in [0.25, 0.3) is 0 Å². The van der Waals surface area contributed by atoms with E-state index < -0.39 is 0 Å². The number of aliphatic hydroxyl groups is 2. The molecular weight excluding hydrogens is 270 g/mol. The van der Waals surface area contributed by atoms with Crippen LogP contribution in [0.3, 0.4) is 0 Å². The van der Waals surface area contributed by atoms with Crippen molar-refractivity contribution in [2.45, 2.75) is 39.5 Å². The molecule has 0 aromatic carbocycles. The molecule has 0 bridgehead atoms. The first-order chi connectivity index (χ1) is 7.24. The van der Waals surface area contributed by atoms with E-state index in [1.807, 2.05) is 0 Å². The predicted octanol–water partition coefficient (Wildman–Crippen LogP) is -1.61. The Morgan fingerprint density at radius 2 is 1.12 bits per heavy atom. The molecule has 0 radical (unpaired) electrons. The number of rotatable bonds is 10. The fourth-order valence-corrected chi connectivity index (χ4v) is 2.08. The molecule has 0 saturated heterocycles. The topological polar surface area (TPSA) is 40.5 Å². The quantitative estimate of drug-likeness (QED) is 0.477. The van der Waals surface area contributed by atoms with E-state index in [4.69, 9.17) is 10.2 Å². The summed E-state index contributed by atoms with van der Waals surface area (Å²) in [4.78, 5) is 0. The molecule has 16 heavy (non-hydrogen) atoms. The maximum Gasteiger partial charge on any atom is 0.102 e. The van der Waals surface area contributed by atoms with Gasteiger partial charge in [0.1, 0.15) is 13.1 Å². The molecule has 0 aromatic rings. The molecule has 0 aliphatic rings. The van der Waals surface area contributed by atoms with Gasteiger partial charge in [0, 0.05) is 0 Å². The van der Waals surface area contributed by atoms with E-state index >= 15 is 0 Å². The van der Waals surface area contributed by atoms with Crippen LogP contribution in [0.2, 0.25) is 0 Å². The Hall–Kier alpha value is 0.360. The van der Waals surface area contributed by atoms with E-state index in [0.29, 0.717) is 0 Å². The summed E-state index contributed by atoms with van der Waals surface area (Å²) in [5, 5.41) is 18.3. The summed E-state index contributed by atoms with van der Waals surface area (Å²) in [5.41, 5.74) is 0. The van der Waals surface area contributed by atoms with Crippen LogP contribution in [-0.2, 0) is 0 Å². The van der Waals surface area contributed by atoms with Gasteiger partial charge in [0.15, 0.2) is 0 Å². The highest BCUT2D eigenvalue weighted by atomic mass is 79.9. The molecule has 0 rings (SSSR count). The Bertz CT molecular complexity index is 129. The van der Waals surface area contributed by atoms with Crippen LogP contribution in [0.1, 0.15) is 39.5 Å². The number of nitrogens with zero attached hydrogens (tertiary/aromatic N) is 1. The average Bonchev–Trinajstić information content (AvgIpc) is 2.24. The molecule has 4 heteroatoms. The van der Waals surface area contributed by atoms with Gasteiger partial charge in [-0.25, -0.2) is 0 Å². The minimum Gasteiger partial charge on any atom is -1.00 e. The zero-order chi connectivity index (χ0) is 11.6. The molecule has 0 aromatic heterocycles. The van der Waals surface area contributed by atoms with E-state index in [1.165, 1.54) is 25.7 Å². The fraction of sp³-hybridized carbons (Fsp3) is 1.00. The molecule has 0 atom stereocenters. The second kappa shape index (κ2) is 11.8. The van der Waals surface area contributed by atoms with Crippen molar-refractivity contribution in [3.05, 3.63) is 0 Å². The number of hydrogen-bond acceptors (Lipinski definition) is 2. The summed E-state index contributed by atoms with van der Waals surface area (Å²) >= 11 is 0. The minimum absolute atomic E-state index is 0. The van der Waals surface area contributed by atoms with Gasteiger partial charge in [0.2, 0.25) is 0 Å². The van der Waals surface area contributed by atoms with Crippen LogP contribution in [0.15, 0.2) is 0 Å². The third kappa shape index (κ3) is 7.60. The molecule has 3 nitrogen and oxygen atoms in total. The monoisotopic (exact) mass is 297 g/mol. The van der Waals surface area contributed by atoms with Crippen LogP contribution in [0, 0.1) is 0 Å². The van der Waals surface area contributed by atoms with Crippen LogP contribution >= 0.6 is 0 Å². The van der Waals surface area contributed by atoms with Gasteiger partial charge in [0.05, 0.1) is 26.3 Å². The van der Waals surface area contributed by atoms with Gasteiger partial charge >= 0.3 is 0 Å². The van der Waals surface area contributed by atoms with Crippen molar-refractivity contribution in [1.82, 2.24) is 0 Å². The highest BCUT2D eigenvalue weighted by Gasteiger charge is 2.24. The maximum absolute atomic E-state index is 9.13. The summed E-state index contributed by atoms with van der Waals surface area (Å²) in [6, 6.07) is 0. The highest BCUT2D eigenvalue weighted by Crippen LogP contribution is 2.11. The lowest BCUT2D eigenvalue weighted by Gasteiger charge is -2.38. The maximum atomic E-state index is 9.13. The molecule has 0 saturated carbocycles. The molecule has 2 N–H and O–H groups in total. The minimum atomic E-state index is 0. The molecule has 0 spiro atoms. The van der Waals surface area contributed by atoms with Gasteiger partial charge in [-0.05, 0) is 12.8 Å². The van der Waals surface area contributed by atoms with E-state index in [2.05, 4.69) is 13.8 Å². The summed E-state index contributed by atoms with van der Waals surface area (Å²) in [6.45, 7) is 8.61. The van der Waals surface area contributed by atoms with E-state index in [0.717, 1.165) is 30.7 Å².